The number of nitrogens with one attached hydrogen (secondary N) is 1. The summed E-state index contributed by atoms with van der Waals surface area (Å²) in [5, 5.41) is 2.43. The number of carbonyl (C=O) groups excluding carboxylic acids is 2. The van der Waals surface area contributed by atoms with E-state index >= 15 is 0 Å². The van der Waals surface area contributed by atoms with Crippen molar-refractivity contribution < 1.29 is 35.9 Å². The van der Waals surface area contributed by atoms with Gasteiger partial charge < -0.3 is 10.1 Å². The second-order valence-electron chi connectivity index (χ2n) is 7.34. The van der Waals surface area contributed by atoms with Gasteiger partial charge in [-0.25, -0.2) is 13.2 Å². The van der Waals surface area contributed by atoms with Crippen molar-refractivity contribution >= 4 is 44.9 Å². The predicted molar refractivity (Wildman–Crippen MR) is 128 cm³/mol. The minimum absolute atomic E-state index is 0.0158. The first-order valence-electron chi connectivity index (χ1n) is 10.4. The van der Waals surface area contributed by atoms with E-state index in [1.807, 2.05) is 0 Å². The maximum absolute atomic E-state index is 13.3. The first-order chi connectivity index (χ1) is 16.9. The summed E-state index contributed by atoms with van der Waals surface area (Å²) in [6.07, 6.45) is -4.72. The number of hydrogen-bond acceptors (Lipinski definition) is 5. The third-order valence-electron chi connectivity index (χ3n) is 4.83. The average Bonchev–Trinajstić information content (AvgIpc) is 2.83. The number of nitrogens with zero attached hydrogens (tertiary/aromatic N) is 1. The molecule has 0 heterocycles. The van der Waals surface area contributed by atoms with Crippen LogP contribution in [-0.4, -0.2) is 33.4 Å². The number of rotatable bonds is 8. The van der Waals surface area contributed by atoms with Crippen LogP contribution in [0.4, 0.5) is 24.5 Å². The number of anilines is 2. The highest BCUT2D eigenvalue weighted by Gasteiger charge is 2.33. The van der Waals surface area contributed by atoms with Crippen molar-refractivity contribution in [1.29, 1.82) is 0 Å². The molecule has 0 spiro atoms. The molecule has 0 saturated heterocycles. The number of esters is 1. The SMILES string of the molecule is CCOC(=O)c1ccc(NC(=O)CN(c2cccc(C(F)(F)F)c2)S(=O)(=O)c2ccccc2)cc1Cl. The molecule has 0 unspecified atom stereocenters. The van der Waals surface area contributed by atoms with Gasteiger partial charge in [-0.15, -0.1) is 0 Å². The number of carbonyl (C=O) groups is 2. The molecule has 3 aromatic rings. The average molecular weight is 541 g/mol. The van der Waals surface area contributed by atoms with Crippen molar-refractivity contribution in [3.8, 4) is 0 Å². The summed E-state index contributed by atoms with van der Waals surface area (Å²) in [7, 11) is -4.42. The van der Waals surface area contributed by atoms with Gasteiger partial charge in [0, 0.05) is 5.69 Å². The van der Waals surface area contributed by atoms with Crippen LogP contribution in [0.25, 0.3) is 0 Å². The zero-order valence-electron chi connectivity index (χ0n) is 18.8. The highest BCUT2D eigenvalue weighted by molar-refractivity contribution is 7.92. The fraction of sp³-hybridized carbons (Fsp3) is 0.167. The van der Waals surface area contributed by atoms with Gasteiger partial charge >= 0.3 is 12.1 Å². The molecule has 12 heteroatoms. The highest BCUT2D eigenvalue weighted by atomic mass is 35.5. The molecule has 36 heavy (non-hydrogen) atoms. The van der Waals surface area contributed by atoms with Crippen molar-refractivity contribution in [1.82, 2.24) is 0 Å². The zero-order chi connectivity index (χ0) is 26.5. The third-order valence-corrected chi connectivity index (χ3v) is 6.93. The van der Waals surface area contributed by atoms with Crippen LogP contribution in [0, 0.1) is 0 Å². The Hall–Kier alpha value is -3.57. The summed E-state index contributed by atoms with van der Waals surface area (Å²) in [5.74, 6) is -1.52. The molecule has 3 aromatic carbocycles. The molecule has 190 valence electrons. The lowest BCUT2D eigenvalue weighted by molar-refractivity contribution is -0.137. The molecule has 1 N–H and O–H groups in total. The largest absolute Gasteiger partial charge is 0.462 e. The van der Waals surface area contributed by atoms with Crippen molar-refractivity contribution in [3.05, 3.63) is 88.9 Å². The molecular formula is C24H20ClF3N2O5S. The van der Waals surface area contributed by atoms with Gasteiger partial charge in [0.05, 0.1) is 33.3 Å². The van der Waals surface area contributed by atoms with Gasteiger partial charge in [0.15, 0.2) is 0 Å². The number of amides is 1. The minimum Gasteiger partial charge on any atom is -0.462 e. The Bertz CT molecular complexity index is 1370. The predicted octanol–water partition coefficient (Wildman–Crippen LogP) is 5.37. The van der Waals surface area contributed by atoms with Gasteiger partial charge in [-0.05, 0) is 55.5 Å². The summed E-state index contributed by atoms with van der Waals surface area (Å²) in [5.41, 5.74) is -1.22. The van der Waals surface area contributed by atoms with Gasteiger partial charge in [-0.2, -0.15) is 13.2 Å². The summed E-state index contributed by atoms with van der Waals surface area (Å²) in [6.45, 7) is 0.921. The number of halogens is 4. The van der Waals surface area contributed by atoms with Crippen LogP contribution in [0.2, 0.25) is 5.02 Å². The van der Waals surface area contributed by atoms with Crippen LogP contribution in [-0.2, 0) is 25.7 Å². The second-order valence-corrected chi connectivity index (χ2v) is 9.61. The number of alkyl halides is 3. The standard InChI is InChI=1S/C24H20ClF3N2O5S/c1-2-35-23(32)20-12-11-17(14-21(20)25)29-22(31)15-30(36(33,34)19-9-4-3-5-10-19)18-8-6-7-16(13-18)24(26,27)28/h3-14H,2,15H2,1H3,(H,29,31). The lowest BCUT2D eigenvalue weighted by atomic mass is 10.2. The number of hydrogen-bond donors (Lipinski definition) is 1. The van der Waals surface area contributed by atoms with Crippen molar-refractivity contribution in [2.45, 2.75) is 18.0 Å². The van der Waals surface area contributed by atoms with Crippen LogP contribution in [0.3, 0.4) is 0 Å². The molecule has 0 atom stereocenters. The van der Waals surface area contributed by atoms with Gasteiger partial charge in [0.1, 0.15) is 6.54 Å². The van der Waals surface area contributed by atoms with Crippen molar-refractivity contribution in [2.75, 3.05) is 22.8 Å². The van der Waals surface area contributed by atoms with Crippen LogP contribution in [0.15, 0.2) is 77.7 Å². The second kappa shape index (κ2) is 11.0. The Morgan fingerprint density at radius 3 is 2.31 bits per heavy atom. The van der Waals surface area contributed by atoms with Gasteiger partial charge in [0.25, 0.3) is 10.0 Å². The van der Waals surface area contributed by atoms with E-state index in [1.165, 1.54) is 42.5 Å². The molecule has 0 aliphatic rings. The Balaban J connectivity index is 1.93. The number of sulfonamides is 1. The molecular weight excluding hydrogens is 521 g/mol. The maximum Gasteiger partial charge on any atom is 0.416 e. The Morgan fingerprint density at radius 1 is 1.00 bits per heavy atom. The zero-order valence-corrected chi connectivity index (χ0v) is 20.3. The van der Waals surface area contributed by atoms with Crippen molar-refractivity contribution in [2.24, 2.45) is 0 Å². The molecule has 0 aliphatic heterocycles. The lowest BCUT2D eigenvalue weighted by Gasteiger charge is -2.25. The Morgan fingerprint density at radius 2 is 1.69 bits per heavy atom. The van der Waals surface area contributed by atoms with Gasteiger partial charge in [-0.3, -0.25) is 9.10 Å². The molecule has 0 saturated carbocycles. The summed E-state index contributed by atoms with van der Waals surface area (Å²) in [6, 6.07) is 14.6. The molecule has 1 amide bonds. The third kappa shape index (κ3) is 6.35. The van der Waals surface area contributed by atoms with E-state index in [0.29, 0.717) is 10.4 Å². The molecule has 0 aliphatic carbocycles. The Labute approximate surface area is 210 Å². The van der Waals surface area contributed by atoms with E-state index in [9.17, 15) is 31.2 Å². The Kier molecular flexibility index (Phi) is 8.26. The van der Waals surface area contributed by atoms with E-state index in [0.717, 1.165) is 18.2 Å². The normalized spacial score (nSPS) is 11.6. The molecule has 0 radical (unpaired) electrons. The quantitative estimate of drug-likeness (QED) is 0.388. The fourth-order valence-electron chi connectivity index (χ4n) is 3.17. The number of benzene rings is 3. The van der Waals surface area contributed by atoms with Gasteiger partial charge in [-0.1, -0.05) is 35.9 Å². The highest BCUT2D eigenvalue weighted by Crippen LogP contribution is 2.33. The lowest BCUT2D eigenvalue weighted by Crippen LogP contribution is -2.38. The molecule has 0 bridgehead atoms. The van der Waals surface area contributed by atoms with Gasteiger partial charge in [0.2, 0.25) is 5.91 Å². The van der Waals surface area contributed by atoms with Crippen LogP contribution >= 0.6 is 11.6 Å². The van der Waals surface area contributed by atoms with Crippen LogP contribution in [0.5, 0.6) is 0 Å². The first-order valence-corrected chi connectivity index (χ1v) is 12.3. The van der Waals surface area contributed by atoms with E-state index in [4.69, 9.17) is 16.3 Å². The maximum atomic E-state index is 13.3. The molecule has 3 rings (SSSR count). The molecule has 0 fully saturated rings. The molecule has 7 nitrogen and oxygen atoms in total. The number of ether oxygens (including phenoxy) is 1. The van der Waals surface area contributed by atoms with Crippen LogP contribution in [0.1, 0.15) is 22.8 Å². The fourth-order valence-corrected chi connectivity index (χ4v) is 4.86. The van der Waals surface area contributed by atoms with E-state index in [-0.39, 0.29) is 33.5 Å². The summed E-state index contributed by atoms with van der Waals surface area (Å²) in [4.78, 5) is 24.5. The van der Waals surface area contributed by atoms with E-state index < -0.39 is 40.2 Å². The smallest absolute Gasteiger partial charge is 0.416 e. The summed E-state index contributed by atoms with van der Waals surface area (Å²) < 4.78 is 71.9. The topological polar surface area (TPSA) is 92.8 Å². The molecule has 0 aromatic heterocycles. The minimum atomic E-state index is -4.72. The van der Waals surface area contributed by atoms with Crippen LogP contribution < -0.4 is 9.62 Å². The first kappa shape index (κ1) is 27.0. The monoisotopic (exact) mass is 540 g/mol. The summed E-state index contributed by atoms with van der Waals surface area (Å²) >= 11 is 6.09. The van der Waals surface area contributed by atoms with E-state index in [2.05, 4.69) is 5.32 Å². The van der Waals surface area contributed by atoms with Crippen molar-refractivity contribution in [3.63, 3.8) is 0 Å². The van der Waals surface area contributed by atoms with E-state index in [1.54, 1.807) is 13.0 Å².